The van der Waals surface area contributed by atoms with Gasteiger partial charge < -0.3 is 5.32 Å². The number of amides is 1. The predicted molar refractivity (Wildman–Crippen MR) is 72.7 cm³/mol. The summed E-state index contributed by atoms with van der Waals surface area (Å²) in [5.74, 6) is -2.55. The Morgan fingerprint density at radius 1 is 1.14 bits per heavy atom. The molecule has 6 heteroatoms. The Bertz CT molecular complexity index is 793. The molecule has 0 aliphatic rings. The van der Waals surface area contributed by atoms with E-state index in [-0.39, 0.29) is 6.54 Å². The number of nitrogens with one attached hydrogen (secondary N) is 1. The fourth-order valence-corrected chi connectivity index (χ4v) is 2.10. The largest absolute Gasteiger partial charge is 0.348 e. The molecule has 4 nitrogen and oxygen atoms in total. The van der Waals surface area contributed by atoms with E-state index in [0.717, 1.165) is 23.2 Å². The summed E-state index contributed by atoms with van der Waals surface area (Å²) in [7, 11) is 0. The number of benzene rings is 1. The van der Waals surface area contributed by atoms with Crippen LogP contribution in [0.15, 0.2) is 48.8 Å². The van der Waals surface area contributed by atoms with Gasteiger partial charge in [-0.15, -0.1) is 0 Å². The number of aromatic nitrogens is 2. The van der Waals surface area contributed by atoms with E-state index >= 15 is 0 Å². The lowest BCUT2D eigenvalue weighted by atomic mass is 10.1. The maximum Gasteiger partial charge on any atom is 0.257 e. The van der Waals surface area contributed by atoms with Crippen molar-refractivity contribution in [3.63, 3.8) is 0 Å². The van der Waals surface area contributed by atoms with Gasteiger partial charge in [-0.1, -0.05) is 12.1 Å². The summed E-state index contributed by atoms with van der Waals surface area (Å²) in [6.07, 6.45) is 3.38. The van der Waals surface area contributed by atoms with Gasteiger partial charge in [-0.2, -0.15) is 5.10 Å². The number of hydrogen-bond donors (Lipinski definition) is 1. The lowest BCUT2D eigenvalue weighted by molar-refractivity contribution is 0.0942. The molecule has 0 radical (unpaired) electrons. The van der Waals surface area contributed by atoms with Gasteiger partial charge >= 0.3 is 0 Å². The molecule has 0 saturated carbocycles. The number of fused-ring (bicyclic) bond motifs is 1. The number of carbonyl (C=O) groups excluding carboxylic acids is 1. The van der Waals surface area contributed by atoms with Crippen LogP contribution in [-0.2, 0) is 6.54 Å². The molecule has 1 amide bonds. The van der Waals surface area contributed by atoms with Gasteiger partial charge in [-0.25, -0.2) is 13.3 Å². The molecule has 0 unspecified atom stereocenters. The van der Waals surface area contributed by atoms with Gasteiger partial charge in [0.25, 0.3) is 5.91 Å². The normalized spacial score (nSPS) is 10.8. The van der Waals surface area contributed by atoms with Crippen LogP contribution in [0.25, 0.3) is 5.52 Å². The number of nitrogens with zero attached hydrogens (tertiary/aromatic N) is 2. The fourth-order valence-electron chi connectivity index (χ4n) is 2.10. The molecule has 3 rings (SSSR count). The van der Waals surface area contributed by atoms with Crippen molar-refractivity contribution in [1.29, 1.82) is 0 Å². The lowest BCUT2D eigenvalue weighted by Gasteiger charge is -2.06. The smallest absolute Gasteiger partial charge is 0.257 e. The lowest BCUT2D eigenvalue weighted by Crippen LogP contribution is -2.25. The number of carbonyl (C=O) groups is 1. The van der Waals surface area contributed by atoms with Crippen molar-refractivity contribution in [2.75, 3.05) is 0 Å². The number of pyridine rings is 1. The quantitative estimate of drug-likeness (QED) is 0.804. The molecule has 2 aromatic heterocycles. The second-order valence-electron chi connectivity index (χ2n) is 4.48. The summed E-state index contributed by atoms with van der Waals surface area (Å²) in [6.45, 7) is 0.139. The highest BCUT2D eigenvalue weighted by Crippen LogP contribution is 2.13. The third-order valence-electron chi connectivity index (χ3n) is 3.14. The fraction of sp³-hybridized carbons (Fsp3) is 0.0667. The first-order valence-corrected chi connectivity index (χ1v) is 6.30. The van der Waals surface area contributed by atoms with Gasteiger partial charge in [0.2, 0.25) is 0 Å². The van der Waals surface area contributed by atoms with Crippen molar-refractivity contribution >= 4 is 11.4 Å². The predicted octanol–water partition coefficient (Wildman–Crippen LogP) is 2.54. The summed E-state index contributed by atoms with van der Waals surface area (Å²) >= 11 is 0. The number of rotatable bonds is 3. The van der Waals surface area contributed by atoms with Crippen LogP contribution in [0.4, 0.5) is 8.78 Å². The molecular weight excluding hydrogens is 276 g/mol. The SMILES string of the molecule is O=C(NCc1cnn2ccccc12)c1c(F)cccc1F. The summed E-state index contributed by atoms with van der Waals surface area (Å²) in [5.41, 5.74) is 1.02. The van der Waals surface area contributed by atoms with E-state index in [1.807, 2.05) is 18.2 Å². The van der Waals surface area contributed by atoms with Crippen LogP contribution in [0.1, 0.15) is 15.9 Å². The van der Waals surface area contributed by atoms with E-state index in [4.69, 9.17) is 0 Å². The first-order chi connectivity index (χ1) is 10.2. The third-order valence-corrected chi connectivity index (χ3v) is 3.14. The zero-order valence-electron chi connectivity index (χ0n) is 10.9. The van der Waals surface area contributed by atoms with Crippen molar-refractivity contribution in [3.05, 3.63) is 71.6 Å². The van der Waals surface area contributed by atoms with Crippen molar-refractivity contribution in [1.82, 2.24) is 14.9 Å². The molecule has 3 aromatic rings. The maximum absolute atomic E-state index is 13.5. The van der Waals surface area contributed by atoms with Crippen LogP contribution in [-0.4, -0.2) is 15.5 Å². The molecular formula is C15H11F2N3O. The minimum absolute atomic E-state index is 0.139. The van der Waals surface area contributed by atoms with Gasteiger partial charge in [0, 0.05) is 18.3 Å². The molecule has 0 fully saturated rings. The standard InChI is InChI=1S/C15H11F2N3O/c16-11-4-3-5-12(17)14(11)15(21)18-8-10-9-19-20-7-2-1-6-13(10)20/h1-7,9H,8H2,(H,18,21). The van der Waals surface area contributed by atoms with Crippen molar-refractivity contribution < 1.29 is 13.6 Å². The second kappa shape index (κ2) is 5.32. The first kappa shape index (κ1) is 13.2. The minimum atomic E-state index is -0.882. The van der Waals surface area contributed by atoms with Crippen LogP contribution in [0.5, 0.6) is 0 Å². The van der Waals surface area contributed by atoms with Gasteiger partial charge in [-0.05, 0) is 24.3 Å². The summed E-state index contributed by atoms with van der Waals surface area (Å²) in [6, 6.07) is 8.83. The van der Waals surface area contributed by atoms with E-state index in [1.54, 1.807) is 16.9 Å². The molecule has 0 spiro atoms. The Balaban J connectivity index is 1.80. The average Bonchev–Trinajstić information content (AvgIpc) is 2.88. The first-order valence-electron chi connectivity index (χ1n) is 6.30. The molecule has 2 heterocycles. The van der Waals surface area contributed by atoms with Gasteiger partial charge in [-0.3, -0.25) is 4.79 Å². The zero-order valence-corrected chi connectivity index (χ0v) is 10.9. The van der Waals surface area contributed by atoms with E-state index in [0.29, 0.717) is 0 Å². The molecule has 0 atom stereocenters. The Kier molecular flexibility index (Phi) is 3.35. The molecule has 1 N–H and O–H groups in total. The Morgan fingerprint density at radius 2 is 1.90 bits per heavy atom. The summed E-state index contributed by atoms with van der Waals surface area (Å²) in [4.78, 5) is 11.9. The van der Waals surface area contributed by atoms with Crippen LogP contribution < -0.4 is 5.32 Å². The van der Waals surface area contributed by atoms with E-state index < -0.39 is 23.1 Å². The monoisotopic (exact) mass is 287 g/mol. The van der Waals surface area contributed by atoms with E-state index in [1.165, 1.54) is 6.07 Å². The van der Waals surface area contributed by atoms with Crippen molar-refractivity contribution in [3.8, 4) is 0 Å². The van der Waals surface area contributed by atoms with E-state index in [9.17, 15) is 13.6 Å². The molecule has 0 aliphatic heterocycles. The Labute approximate surface area is 119 Å². The van der Waals surface area contributed by atoms with Crippen LogP contribution in [0.2, 0.25) is 0 Å². The number of halogens is 2. The molecule has 21 heavy (non-hydrogen) atoms. The van der Waals surface area contributed by atoms with Gasteiger partial charge in [0.15, 0.2) is 0 Å². The Hall–Kier alpha value is -2.76. The van der Waals surface area contributed by atoms with E-state index in [2.05, 4.69) is 10.4 Å². The van der Waals surface area contributed by atoms with Crippen LogP contribution >= 0.6 is 0 Å². The van der Waals surface area contributed by atoms with Crippen LogP contribution in [0, 0.1) is 11.6 Å². The molecule has 0 bridgehead atoms. The highest BCUT2D eigenvalue weighted by molar-refractivity contribution is 5.94. The highest BCUT2D eigenvalue weighted by Gasteiger charge is 2.17. The average molecular weight is 287 g/mol. The molecule has 1 aromatic carbocycles. The number of hydrogen-bond acceptors (Lipinski definition) is 2. The van der Waals surface area contributed by atoms with Crippen LogP contribution in [0.3, 0.4) is 0 Å². The highest BCUT2D eigenvalue weighted by atomic mass is 19.1. The van der Waals surface area contributed by atoms with Crippen molar-refractivity contribution in [2.24, 2.45) is 0 Å². The maximum atomic E-state index is 13.5. The van der Waals surface area contributed by atoms with Gasteiger partial charge in [0.1, 0.15) is 17.2 Å². The Morgan fingerprint density at radius 3 is 2.67 bits per heavy atom. The zero-order chi connectivity index (χ0) is 14.8. The molecule has 106 valence electrons. The summed E-state index contributed by atoms with van der Waals surface area (Å²) < 4.78 is 28.7. The van der Waals surface area contributed by atoms with Gasteiger partial charge in [0.05, 0.1) is 11.7 Å². The minimum Gasteiger partial charge on any atom is -0.348 e. The third kappa shape index (κ3) is 2.47. The van der Waals surface area contributed by atoms with Crippen molar-refractivity contribution in [2.45, 2.75) is 6.54 Å². The summed E-state index contributed by atoms with van der Waals surface area (Å²) in [5, 5.41) is 6.62. The molecule has 0 saturated heterocycles. The second-order valence-corrected chi connectivity index (χ2v) is 4.48. The molecule has 0 aliphatic carbocycles. The topological polar surface area (TPSA) is 46.4 Å².